The van der Waals surface area contributed by atoms with Gasteiger partial charge in [0.15, 0.2) is 12.1 Å². The molecule has 0 bridgehead atoms. The number of rotatable bonds is 6. The molecule has 0 spiro atoms. The first-order valence-corrected chi connectivity index (χ1v) is 10.9. The molecule has 3 heterocycles. The van der Waals surface area contributed by atoms with E-state index in [-0.39, 0.29) is 6.04 Å². The second-order valence-electron chi connectivity index (χ2n) is 6.81. The number of hydrogen-bond acceptors (Lipinski definition) is 7. The van der Waals surface area contributed by atoms with Crippen molar-refractivity contribution in [2.45, 2.75) is 23.8 Å². The molecule has 3 aromatic rings. The summed E-state index contributed by atoms with van der Waals surface area (Å²) in [5, 5.41) is 3.80. The van der Waals surface area contributed by atoms with Crippen LogP contribution >= 0.6 is 11.6 Å². The highest BCUT2D eigenvalue weighted by atomic mass is 35.5. The molecule has 4 rings (SSSR count). The Balaban J connectivity index is 1.39. The number of aldehydes is 1. The second kappa shape index (κ2) is 9.38. The zero-order chi connectivity index (χ0) is 20.9. The quantitative estimate of drug-likeness (QED) is 0.585. The molecule has 1 N–H and O–H groups in total. The smallest absolute Gasteiger partial charge is 0.222 e. The fourth-order valence-electron chi connectivity index (χ4n) is 3.18. The van der Waals surface area contributed by atoms with Crippen LogP contribution in [0.4, 0.5) is 5.95 Å². The van der Waals surface area contributed by atoms with Crippen LogP contribution < -0.4 is 5.32 Å². The highest BCUT2D eigenvalue weighted by Gasteiger charge is 2.24. The molecule has 30 heavy (non-hydrogen) atoms. The van der Waals surface area contributed by atoms with Crippen LogP contribution in [-0.4, -0.2) is 53.9 Å². The first kappa shape index (κ1) is 20.5. The first-order valence-electron chi connectivity index (χ1n) is 9.41. The Bertz CT molecular complexity index is 1040. The van der Waals surface area contributed by atoms with Crippen LogP contribution in [-0.2, 0) is 11.0 Å². The SMILES string of the molecule is O=Cc1cnc(-c2cccc(S(=O)N3CCC(Nc4ncc(Cl)cn4)CC3)c2)nc1. The highest BCUT2D eigenvalue weighted by Crippen LogP contribution is 2.23. The lowest BCUT2D eigenvalue weighted by Crippen LogP contribution is -2.40. The molecule has 1 saturated heterocycles. The van der Waals surface area contributed by atoms with E-state index in [1.54, 1.807) is 12.4 Å². The molecule has 1 aliphatic rings. The minimum Gasteiger partial charge on any atom is -0.351 e. The van der Waals surface area contributed by atoms with Gasteiger partial charge >= 0.3 is 0 Å². The lowest BCUT2D eigenvalue weighted by atomic mass is 10.1. The number of anilines is 1. The van der Waals surface area contributed by atoms with Crippen molar-refractivity contribution in [1.29, 1.82) is 0 Å². The van der Waals surface area contributed by atoms with Crippen molar-refractivity contribution in [3.63, 3.8) is 0 Å². The third-order valence-corrected chi connectivity index (χ3v) is 6.43. The monoisotopic (exact) mass is 442 g/mol. The fourth-order valence-corrected chi connectivity index (χ4v) is 4.54. The number of benzene rings is 1. The van der Waals surface area contributed by atoms with Crippen molar-refractivity contribution in [2.75, 3.05) is 18.4 Å². The van der Waals surface area contributed by atoms with Crippen LogP contribution in [0.15, 0.2) is 53.9 Å². The van der Waals surface area contributed by atoms with Gasteiger partial charge in [0.05, 0.1) is 27.9 Å². The van der Waals surface area contributed by atoms with Gasteiger partial charge in [-0.2, -0.15) is 0 Å². The van der Waals surface area contributed by atoms with Gasteiger partial charge in [0.2, 0.25) is 5.95 Å². The third kappa shape index (κ3) is 4.86. The summed E-state index contributed by atoms with van der Waals surface area (Å²) in [5.74, 6) is 1.04. The summed E-state index contributed by atoms with van der Waals surface area (Å²) >= 11 is 5.82. The van der Waals surface area contributed by atoms with Gasteiger partial charge in [-0.25, -0.2) is 28.5 Å². The lowest BCUT2D eigenvalue weighted by molar-refractivity contribution is 0.112. The van der Waals surface area contributed by atoms with E-state index >= 15 is 0 Å². The molecule has 0 saturated carbocycles. The average molecular weight is 443 g/mol. The van der Waals surface area contributed by atoms with Crippen molar-refractivity contribution in [3.8, 4) is 11.4 Å². The Morgan fingerprint density at radius 2 is 1.77 bits per heavy atom. The molecule has 1 fully saturated rings. The van der Waals surface area contributed by atoms with Gasteiger partial charge in [0.25, 0.3) is 0 Å². The Kier molecular flexibility index (Phi) is 6.41. The summed E-state index contributed by atoms with van der Waals surface area (Å²) in [6.45, 7) is 1.37. The molecule has 10 heteroatoms. The largest absolute Gasteiger partial charge is 0.351 e. The van der Waals surface area contributed by atoms with E-state index in [1.807, 2.05) is 28.6 Å². The summed E-state index contributed by atoms with van der Waals surface area (Å²) in [5.41, 5.74) is 1.17. The second-order valence-corrected chi connectivity index (χ2v) is 8.73. The van der Waals surface area contributed by atoms with Gasteiger partial charge < -0.3 is 5.32 Å². The van der Waals surface area contributed by atoms with Gasteiger partial charge in [0, 0.05) is 37.1 Å². The Labute approximate surface area is 181 Å². The van der Waals surface area contributed by atoms with Crippen LogP contribution in [0.25, 0.3) is 11.4 Å². The number of aromatic nitrogens is 4. The normalized spacial score (nSPS) is 16.2. The van der Waals surface area contributed by atoms with Crippen molar-refractivity contribution in [1.82, 2.24) is 24.2 Å². The van der Waals surface area contributed by atoms with Crippen LogP contribution in [0.5, 0.6) is 0 Å². The summed E-state index contributed by atoms with van der Waals surface area (Å²) in [6.07, 6.45) is 8.42. The summed E-state index contributed by atoms with van der Waals surface area (Å²) < 4.78 is 15.0. The van der Waals surface area contributed by atoms with Crippen molar-refractivity contribution in [3.05, 3.63) is 59.6 Å². The van der Waals surface area contributed by atoms with Crippen LogP contribution in [0.3, 0.4) is 0 Å². The molecule has 1 atom stereocenters. The molecule has 1 aliphatic heterocycles. The maximum Gasteiger partial charge on any atom is 0.222 e. The van der Waals surface area contributed by atoms with Gasteiger partial charge in [0.1, 0.15) is 11.0 Å². The van der Waals surface area contributed by atoms with E-state index in [0.29, 0.717) is 46.6 Å². The molecule has 0 radical (unpaired) electrons. The van der Waals surface area contributed by atoms with E-state index < -0.39 is 11.0 Å². The maximum absolute atomic E-state index is 13.1. The predicted molar refractivity (Wildman–Crippen MR) is 115 cm³/mol. The molecule has 0 amide bonds. The van der Waals surface area contributed by atoms with Crippen molar-refractivity contribution in [2.24, 2.45) is 0 Å². The van der Waals surface area contributed by atoms with Gasteiger partial charge in [-0.05, 0) is 25.0 Å². The van der Waals surface area contributed by atoms with Gasteiger partial charge in [-0.15, -0.1) is 0 Å². The first-order chi connectivity index (χ1) is 14.6. The molecule has 0 aliphatic carbocycles. The summed E-state index contributed by atoms with van der Waals surface area (Å²) in [6, 6.07) is 7.59. The molecule has 1 aromatic carbocycles. The number of hydrogen-bond donors (Lipinski definition) is 1. The Hall–Kier alpha value is -2.75. The summed E-state index contributed by atoms with van der Waals surface area (Å²) in [4.78, 5) is 28.2. The number of halogens is 1. The van der Waals surface area contributed by atoms with E-state index in [4.69, 9.17) is 11.6 Å². The third-order valence-electron chi connectivity index (χ3n) is 4.74. The van der Waals surface area contributed by atoms with E-state index in [1.165, 1.54) is 12.4 Å². The van der Waals surface area contributed by atoms with E-state index in [2.05, 4.69) is 25.3 Å². The molecule has 2 aromatic heterocycles. The van der Waals surface area contributed by atoms with E-state index in [9.17, 15) is 9.00 Å². The zero-order valence-corrected chi connectivity index (χ0v) is 17.5. The van der Waals surface area contributed by atoms with Crippen LogP contribution in [0.1, 0.15) is 23.2 Å². The van der Waals surface area contributed by atoms with Crippen molar-refractivity contribution < 1.29 is 9.00 Å². The Morgan fingerprint density at radius 1 is 1.07 bits per heavy atom. The number of nitrogens with one attached hydrogen (secondary N) is 1. The molecular weight excluding hydrogens is 424 g/mol. The number of carbonyl (C=O) groups is 1. The maximum atomic E-state index is 13.1. The standard InChI is InChI=1S/C20H19ClN6O2S/c21-16-11-24-20(25-12-16)26-17-4-6-27(7-5-17)30(29)18-3-1-2-15(8-18)19-22-9-14(13-28)10-23-19/h1-3,8-13,17H,4-7H2,(H,24,25,26). The van der Waals surface area contributed by atoms with Crippen LogP contribution in [0, 0.1) is 0 Å². The lowest BCUT2D eigenvalue weighted by Gasteiger charge is -2.31. The van der Waals surface area contributed by atoms with Gasteiger partial charge in [-0.1, -0.05) is 23.7 Å². The number of piperidine rings is 1. The van der Waals surface area contributed by atoms with Crippen molar-refractivity contribution >= 4 is 34.8 Å². The fraction of sp³-hybridized carbons (Fsp3) is 0.250. The summed E-state index contributed by atoms with van der Waals surface area (Å²) in [7, 11) is -1.28. The number of nitrogens with zero attached hydrogens (tertiary/aromatic N) is 5. The highest BCUT2D eigenvalue weighted by molar-refractivity contribution is 7.82. The zero-order valence-electron chi connectivity index (χ0n) is 15.9. The topological polar surface area (TPSA) is 101 Å². The van der Waals surface area contributed by atoms with Crippen LogP contribution in [0.2, 0.25) is 5.02 Å². The van der Waals surface area contributed by atoms with Gasteiger partial charge in [-0.3, -0.25) is 4.79 Å². The Morgan fingerprint density at radius 3 is 2.43 bits per heavy atom. The molecule has 1 unspecified atom stereocenters. The predicted octanol–water partition coefficient (Wildman–Crippen LogP) is 3.00. The molecule has 8 nitrogen and oxygen atoms in total. The van der Waals surface area contributed by atoms with E-state index in [0.717, 1.165) is 18.4 Å². The minimum absolute atomic E-state index is 0.218. The minimum atomic E-state index is -1.28. The molecule has 154 valence electrons. The average Bonchev–Trinajstić information content (AvgIpc) is 2.81. The number of carbonyl (C=O) groups excluding carboxylic acids is 1. The molecular formula is C20H19ClN6O2S.